The molecule has 3 N–H and O–H groups in total. The maximum atomic E-state index is 13.5. The fourth-order valence-corrected chi connectivity index (χ4v) is 1.56. The number of aliphatic imine (C=N–C) groups is 1. The molecule has 0 saturated carbocycles. The summed E-state index contributed by atoms with van der Waals surface area (Å²) in [6.45, 7) is 0.916. The molecule has 1 aromatic rings. The third-order valence-electron chi connectivity index (χ3n) is 2.78. The third kappa shape index (κ3) is 2.75. The van der Waals surface area contributed by atoms with Crippen LogP contribution in [0.25, 0.3) is 5.57 Å². The van der Waals surface area contributed by atoms with Gasteiger partial charge in [0.05, 0.1) is 25.9 Å². The number of aliphatic hydroxyl groups is 1. The smallest absolute Gasteiger partial charge is 0.129 e. The summed E-state index contributed by atoms with van der Waals surface area (Å²) < 4.78 is 18.5. The quantitative estimate of drug-likeness (QED) is 0.786. The highest BCUT2D eigenvalue weighted by atomic mass is 19.1. The molecule has 5 heteroatoms. The van der Waals surface area contributed by atoms with Crippen LogP contribution in [0.15, 0.2) is 29.4 Å². The van der Waals surface area contributed by atoms with Gasteiger partial charge in [0.15, 0.2) is 0 Å². The number of allylic oxidation sites excluding steroid dienone is 1. The number of benzene rings is 1. The lowest BCUT2D eigenvalue weighted by Crippen LogP contribution is -2.31. The molecule has 0 aromatic heterocycles. The summed E-state index contributed by atoms with van der Waals surface area (Å²) in [5, 5.41) is 8.90. The zero-order valence-corrected chi connectivity index (χ0v) is 9.84. The molecule has 1 fully saturated rings. The lowest BCUT2D eigenvalue weighted by molar-refractivity contribution is 0.0136. The first-order valence-corrected chi connectivity index (χ1v) is 5.67. The van der Waals surface area contributed by atoms with Crippen molar-refractivity contribution in [3.05, 3.63) is 41.3 Å². The molecule has 0 radical (unpaired) electrons. The monoisotopic (exact) mass is 250 g/mol. The van der Waals surface area contributed by atoms with Gasteiger partial charge in [0.2, 0.25) is 0 Å². The summed E-state index contributed by atoms with van der Waals surface area (Å²) in [5.74, 6) is -0.449. The average Bonchev–Trinajstić information content (AvgIpc) is 2.32. The molecule has 18 heavy (non-hydrogen) atoms. The summed E-state index contributed by atoms with van der Waals surface area (Å²) in [4.78, 5) is 4.28. The van der Waals surface area contributed by atoms with E-state index in [-0.39, 0.29) is 18.2 Å². The predicted molar refractivity (Wildman–Crippen MR) is 67.6 cm³/mol. The van der Waals surface area contributed by atoms with Crippen LogP contribution in [0.4, 0.5) is 4.39 Å². The van der Waals surface area contributed by atoms with Crippen molar-refractivity contribution in [2.75, 3.05) is 13.2 Å². The Labute approximate surface area is 105 Å². The van der Waals surface area contributed by atoms with Crippen LogP contribution < -0.4 is 5.73 Å². The minimum Gasteiger partial charge on any atom is -0.404 e. The Balaban J connectivity index is 2.17. The van der Waals surface area contributed by atoms with Gasteiger partial charge in [-0.05, 0) is 11.6 Å². The van der Waals surface area contributed by atoms with Crippen molar-refractivity contribution >= 4 is 11.8 Å². The van der Waals surface area contributed by atoms with E-state index in [2.05, 4.69) is 4.99 Å². The van der Waals surface area contributed by atoms with E-state index in [1.165, 1.54) is 18.3 Å². The van der Waals surface area contributed by atoms with E-state index in [1.807, 2.05) is 0 Å². The molecular weight excluding hydrogens is 235 g/mol. The standard InChI is InChI=1S/C13H15FN2O2/c14-13-3-9(1-2-10(13)6-17)11(4-15)5-16-12-7-18-8-12/h1-5,12,17H,6-8,15H2/b11-4+,16-5?. The first-order chi connectivity index (χ1) is 8.74. The van der Waals surface area contributed by atoms with E-state index < -0.39 is 5.82 Å². The molecule has 2 rings (SSSR count). The van der Waals surface area contributed by atoms with Gasteiger partial charge in [0.1, 0.15) is 5.82 Å². The van der Waals surface area contributed by atoms with E-state index in [0.29, 0.717) is 24.4 Å². The molecule has 0 spiro atoms. The normalized spacial score (nSPS) is 17.1. The molecule has 1 aliphatic rings. The predicted octanol–water partition coefficient (Wildman–Crippen LogP) is 1.09. The van der Waals surface area contributed by atoms with Crippen molar-refractivity contribution in [1.29, 1.82) is 0 Å². The van der Waals surface area contributed by atoms with E-state index in [4.69, 9.17) is 15.6 Å². The summed E-state index contributed by atoms with van der Waals surface area (Å²) >= 11 is 0. The molecule has 1 aliphatic heterocycles. The highest BCUT2D eigenvalue weighted by molar-refractivity contribution is 6.09. The number of halogens is 1. The molecule has 96 valence electrons. The Morgan fingerprint density at radius 2 is 2.33 bits per heavy atom. The Kier molecular flexibility index (Phi) is 4.07. The first-order valence-electron chi connectivity index (χ1n) is 5.67. The highest BCUT2D eigenvalue weighted by Crippen LogP contribution is 2.17. The van der Waals surface area contributed by atoms with Crippen LogP contribution in [0.2, 0.25) is 0 Å². The number of nitrogens with zero attached hydrogens (tertiary/aromatic N) is 1. The number of ether oxygens (including phenoxy) is 1. The molecule has 1 heterocycles. The van der Waals surface area contributed by atoms with Crippen LogP contribution in [0, 0.1) is 5.82 Å². The second-order valence-corrected chi connectivity index (χ2v) is 4.06. The minimum atomic E-state index is -0.449. The number of aliphatic hydroxyl groups excluding tert-OH is 1. The molecule has 1 aromatic carbocycles. The molecule has 0 aliphatic carbocycles. The minimum absolute atomic E-state index is 0.168. The van der Waals surface area contributed by atoms with Gasteiger partial charge in [0, 0.05) is 23.6 Å². The van der Waals surface area contributed by atoms with Crippen LogP contribution in [-0.2, 0) is 11.3 Å². The van der Waals surface area contributed by atoms with Crippen LogP contribution in [0.5, 0.6) is 0 Å². The van der Waals surface area contributed by atoms with Crippen molar-refractivity contribution in [3.63, 3.8) is 0 Å². The second kappa shape index (κ2) is 5.75. The average molecular weight is 250 g/mol. The van der Waals surface area contributed by atoms with Gasteiger partial charge >= 0.3 is 0 Å². The van der Waals surface area contributed by atoms with E-state index >= 15 is 0 Å². The van der Waals surface area contributed by atoms with Crippen molar-refractivity contribution in [2.24, 2.45) is 10.7 Å². The van der Waals surface area contributed by atoms with E-state index in [1.54, 1.807) is 12.3 Å². The molecule has 4 nitrogen and oxygen atoms in total. The van der Waals surface area contributed by atoms with Gasteiger partial charge in [-0.1, -0.05) is 12.1 Å². The van der Waals surface area contributed by atoms with Crippen LogP contribution >= 0.6 is 0 Å². The third-order valence-corrected chi connectivity index (χ3v) is 2.78. The molecule has 1 saturated heterocycles. The molecule has 0 bridgehead atoms. The van der Waals surface area contributed by atoms with Gasteiger partial charge in [-0.25, -0.2) is 4.39 Å². The largest absolute Gasteiger partial charge is 0.404 e. The number of nitrogens with two attached hydrogens (primary N) is 1. The van der Waals surface area contributed by atoms with Crippen LogP contribution in [0.1, 0.15) is 11.1 Å². The number of hydrogen-bond acceptors (Lipinski definition) is 4. The molecule has 0 atom stereocenters. The van der Waals surface area contributed by atoms with Gasteiger partial charge < -0.3 is 15.6 Å². The van der Waals surface area contributed by atoms with Crippen LogP contribution in [-0.4, -0.2) is 30.6 Å². The van der Waals surface area contributed by atoms with Gasteiger partial charge in [0.25, 0.3) is 0 Å². The zero-order chi connectivity index (χ0) is 13.0. The Morgan fingerprint density at radius 3 is 2.83 bits per heavy atom. The van der Waals surface area contributed by atoms with E-state index in [0.717, 1.165) is 0 Å². The number of hydrogen-bond donors (Lipinski definition) is 2. The Hall–Kier alpha value is -1.72. The van der Waals surface area contributed by atoms with Gasteiger partial charge in [-0.15, -0.1) is 0 Å². The highest BCUT2D eigenvalue weighted by Gasteiger charge is 2.16. The van der Waals surface area contributed by atoms with Crippen molar-refractivity contribution in [3.8, 4) is 0 Å². The van der Waals surface area contributed by atoms with Crippen molar-refractivity contribution in [2.45, 2.75) is 12.6 Å². The van der Waals surface area contributed by atoms with E-state index in [9.17, 15) is 4.39 Å². The topological polar surface area (TPSA) is 67.8 Å². The summed E-state index contributed by atoms with van der Waals surface area (Å²) in [6.07, 6.45) is 3.01. The molecule has 0 amide bonds. The van der Waals surface area contributed by atoms with Gasteiger partial charge in [-0.3, -0.25) is 4.99 Å². The molecular formula is C13H15FN2O2. The lowest BCUT2D eigenvalue weighted by atomic mass is 10.1. The Morgan fingerprint density at radius 1 is 1.56 bits per heavy atom. The maximum absolute atomic E-state index is 13.5. The fraction of sp³-hybridized carbons (Fsp3) is 0.308. The van der Waals surface area contributed by atoms with Crippen molar-refractivity contribution in [1.82, 2.24) is 0 Å². The van der Waals surface area contributed by atoms with Crippen LogP contribution in [0.3, 0.4) is 0 Å². The molecule has 0 unspecified atom stereocenters. The van der Waals surface area contributed by atoms with Crippen molar-refractivity contribution < 1.29 is 14.2 Å². The summed E-state index contributed by atoms with van der Waals surface area (Å²) in [6, 6.07) is 4.75. The Bertz CT molecular complexity index is 482. The zero-order valence-electron chi connectivity index (χ0n) is 9.84. The second-order valence-electron chi connectivity index (χ2n) is 4.06. The summed E-state index contributed by atoms with van der Waals surface area (Å²) in [7, 11) is 0. The van der Waals surface area contributed by atoms with Gasteiger partial charge in [-0.2, -0.15) is 0 Å². The lowest BCUT2D eigenvalue weighted by Gasteiger charge is -2.21. The maximum Gasteiger partial charge on any atom is 0.129 e. The first kappa shape index (κ1) is 12.7. The summed E-state index contributed by atoms with van der Waals surface area (Å²) in [5.41, 5.74) is 7.06. The number of rotatable bonds is 4. The SMILES string of the molecule is N/C=C(\C=NC1COC1)c1ccc(CO)c(F)c1. The fourth-order valence-electron chi connectivity index (χ4n) is 1.56.